The van der Waals surface area contributed by atoms with Crippen LogP contribution in [0.5, 0.6) is 0 Å². The van der Waals surface area contributed by atoms with Gasteiger partial charge in [-0.3, -0.25) is 5.84 Å². The van der Waals surface area contributed by atoms with Crippen LogP contribution in [0.3, 0.4) is 0 Å². The van der Waals surface area contributed by atoms with Crippen molar-refractivity contribution in [2.45, 2.75) is 6.61 Å². The number of hydrazine groups is 1. The van der Waals surface area contributed by atoms with E-state index in [4.69, 9.17) is 10.6 Å². The summed E-state index contributed by atoms with van der Waals surface area (Å²) in [5.74, 6) is 3.92. The number of nitrogens with two attached hydrogens (primary N) is 1. The summed E-state index contributed by atoms with van der Waals surface area (Å²) in [5, 5.41) is 0.161. The SMILES string of the molecule is COCc1cc(NN)c2c(F)cc(F)cc2n1. The van der Waals surface area contributed by atoms with Gasteiger partial charge in [0, 0.05) is 19.2 Å². The molecule has 2 rings (SSSR count). The molecule has 3 N–H and O–H groups in total. The number of methoxy groups -OCH3 is 1. The molecule has 0 atom stereocenters. The van der Waals surface area contributed by atoms with Crippen LogP contribution >= 0.6 is 0 Å². The van der Waals surface area contributed by atoms with Crippen molar-refractivity contribution in [2.75, 3.05) is 12.5 Å². The number of halogens is 2. The number of aromatic nitrogens is 1. The van der Waals surface area contributed by atoms with Crippen molar-refractivity contribution in [2.24, 2.45) is 5.84 Å². The number of nitrogen functional groups attached to an aromatic ring is 1. The lowest BCUT2D eigenvalue weighted by molar-refractivity contribution is 0.182. The normalized spacial score (nSPS) is 10.8. The standard InChI is InChI=1S/C11H11F2N3O/c1-17-5-7-4-10(16-14)11-8(13)2-6(12)3-9(11)15-7/h2-4H,5,14H2,1H3,(H,15,16). The van der Waals surface area contributed by atoms with Crippen LogP contribution in [0.2, 0.25) is 0 Å². The summed E-state index contributed by atoms with van der Waals surface area (Å²) in [5.41, 5.74) is 3.46. The highest BCUT2D eigenvalue weighted by Crippen LogP contribution is 2.26. The van der Waals surface area contributed by atoms with Crippen molar-refractivity contribution in [3.63, 3.8) is 0 Å². The van der Waals surface area contributed by atoms with E-state index in [2.05, 4.69) is 10.4 Å². The highest BCUT2D eigenvalue weighted by molar-refractivity contribution is 5.91. The molecule has 0 aliphatic carbocycles. The summed E-state index contributed by atoms with van der Waals surface area (Å²) in [6.45, 7) is 0.239. The van der Waals surface area contributed by atoms with E-state index in [1.807, 2.05) is 0 Å². The maximum atomic E-state index is 13.6. The fraction of sp³-hybridized carbons (Fsp3) is 0.182. The van der Waals surface area contributed by atoms with E-state index in [1.54, 1.807) is 6.07 Å². The van der Waals surface area contributed by atoms with E-state index < -0.39 is 11.6 Å². The Morgan fingerprint density at radius 3 is 2.76 bits per heavy atom. The Balaban J connectivity index is 2.73. The molecule has 0 unspecified atom stereocenters. The topological polar surface area (TPSA) is 60.2 Å². The van der Waals surface area contributed by atoms with Crippen molar-refractivity contribution >= 4 is 16.6 Å². The van der Waals surface area contributed by atoms with Gasteiger partial charge in [0.2, 0.25) is 0 Å². The molecule has 0 aliphatic rings. The molecule has 1 aromatic carbocycles. The fourth-order valence-electron chi connectivity index (χ4n) is 1.68. The van der Waals surface area contributed by atoms with E-state index in [0.29, 0.717) is 11.4 Å². The second-order valence-electron chi connectivity index (χ2n) is 3.52. The maximum absolute atomic E-state index is 13.6. The summed E-state index contributed by atoms with van der Waals surface area (Å²) in [7, 11) is 1.51. The average Bonchev–Trinajstić information content (AvgIpc) is 2.27. The zero-order chi connectivity index (χ0) is 12.4. The van der Waals surface area contributed by atoms with Crippen molar-refractivity contribution in [1.29, 1.82) is 0 Å². The number of hydrogen-bond donors (Lipinski definition) is 2. The molecule has 0 spiro atoms. The zero-order valence-electron chi connectivity index (χ0n) is 9.13. The second-order valence-corrected chi connectivity index (χ2v) is 3.52. The Labute approximate surface area is 96.4 Å². The third-order valence-electron chi connectivity index (χ3n) is 2.33. The van der Waals surface area contributed by atoms with E-state index in [9.17, 15) is 8.78 Å². The van der Waals surface area contributed by atoms with Gasteiger partial charge in [-0.2, -0.15) is 0 Å². The van der Waals surface area contributed by atoms with Crippen LogP contribution in [0.15, 0.2) is 18.2 Å². The predicted molar refractivity (Wildman–Crippen MR) is 60.2 cm³/mol. The van der Waals surface area contributed by atoms with Gasteiger partial charge in [0.25, 0.3) is 0 Å². The minimum atomic E-state index is -0.704. The number of pyridine rings is 1. The monoisotopic (exact) mass is 239 g/mol. The summed E-state index contributed by atoms with van der Waals surface area (Å²) in [6, 6.07) is 3.51. The molecule has 0 radical (unpaired) electrons. The molecule has 0 saturated heterocycles. The lowest BCUT2D eigenvalue weighted by atomic mass is 10.1. The molecular weight excluding hydrogens is 228 g/mol. The lowest BCUT2D eigenvalue weighted by Gasteiger charge is -2.09. The minimum absolute atomic E-state index is 0.161. The van der Waals surface area contributed by atoms with Gasteiger partial charge in [-0.05, 0) is 6.07 Å². The van der Waals surface area contributed by atoms with Gasteiger partial charge < -0.3 is 10.2 Å². The summed E-state index contributed by atoms with van der Waals surface area (Å²) >= 11 is 0. The van der Waals surface area contributed by atoms with Crippen molar-refractivity contribution < 1.29 is 13.5 Å². The Morgan fingerprint density at radius 2 is 2.12 bits per heavy atom. The average molecular weight is 239 g/mol. The predicted octanol–water partition coefficient (Wildman–Crippen LogP) is 1.94. The number of nitrogens with zero attached hydrogens (tertiary/aromatic N) is 1. The molecule has 0 saturated carbocycles. The van der Waals surface area contributed by atoms with Crippen LogP contribution < -0.4 is 11.3 Å². The van der Waals surface area contributed by atoms with Gasteiger partial charge in [0.15, 0.2) is 0 Å². The van der Waals surface area contributed by atoms with Gasteiger partial charge in [0.1, 0.15) is 11.6 Å². The van der Waals surface area contributed by atoms with Crippen LogP contribution in [0, 0.1) is 11.6 Å². The number of ether oxygens (including phenoxy) is 1. The molecule has 6 heteroatoms. The third-order valence-corrected chi connectivity index (χ3v) is 2.33. The van der Waals surface area contributed by atoms with Crippen LogP contribution in [0.1, 0.15) is 5.69 Å². The molecule has 90 valence electrons. The molecule has 1 heterocycles. The molecular formula is C11H11F2N3O. The third kappa shape index (κ3) is 2.17. The van der Waals surface area contributed by atoms with Crippen molar-refractivity contribution in [3.05, 3.63) is 35.5 Å². The first-order valence-electron chi connectivity index (χ1n) is 4.90. The summed E-state index contributed by atoms with van der Waals surface area (Å²) < 4.78 is 31.6. The largest absolute Gasteiger partial charge is 0.378 e. The van der Waals surface area contributed by atoms with Crippen LogP contribution in [-0.4, -0.2) is 12.1 Å². The fourth-order valence-corrected chi connectivity index (χ4v) is 1.68. The highest BCUT2D eigenvalue weighted by atomic mass is 19.1. The van der Waals surface area contributed by atoms with E-state index >= 15 is 0 Å². The molecule has 0 fully saturated rings. The Hall–Kier alpha value is -1.79. The van der Waals surface area contributed by atoms with Gasteiger partial charge in [0.05, 0.1) is 28.9 Å². The number of benzene rings is 1. The van der Waals surface area contributed by atoms with Crippen LogP contribution in [0.25, 0.3) is 10.9 Å². The van der Waals surface area contributed by atoms with E-state index in [-0.39, 0.29) is 17.5 Å². The molecule has 17 heavy (non-hydrogen) atoms. The number of fused-ring (bicyclic) bond motifs is 1. The molecule has 4 nitrogen and oxygen atoms in total. The first kappa shape index (κ1) is 11.7. The lowest BCUT2D eigenvalue weighted by Crippen LogP contribution is -2.09. The number of nitrogens with one attached hydrogen (secondary N) is 1. The summed E-state index contributed by atoms with van der Waals surface area (Å²) in [4.78, 5) is 4.09. The first-order valence-corrected chi connectivity index (χ1v) is 4.90. The maximum Gasteiger partial charge on any atom is 0.137 e. The summed E-state index contributed by atoms with van der Waals surface area (Å²) in [6.07, 6.45) is 0. The molecule has 1 aromatic heterocycles. The van der Waals surface area contributed by atoms with Gasteiger partial charge in [-0.1, -0.05) is 0 Å². The molecule has 0 amide bonds. The second kappa shape index (κ2) is 4.60. The van der Waals surface area contributed by atoms with Gasteiger partial charge in [-0.25, -0.2) is 13.8 Å². The van der Waals surface area contributed by atoms with Gasteiger partial charge >= 0.3 is 0 Å². The highest BCUT2D eigenvalue weighted by Gasteiger charge is 2.11. The van der Waals surface area contributed by atoms with Gasteiger partial charge in [-0.15, -0.1) is 0 Å². The minimum Gasteiger partial charge on any atom is -0.378 e. The van der Waals surface area contributed by atoms with E-state index in [0.717, 1.165) is 12.1 Å². The van der Waals surface area contributed by atoms with Crippen LogP contribution in [-0.2, 0) is 11.3 Å². The Kier molecular flexibility index (Phi) is 3.16. The number of rotatable bonds is 3. The van der Waals surface area contributed by atoms with Crippen molar-refractivity contribution in [3.8, 4) is 0 Å². The first-order chi connectivity index (χ1) is 8.15. The molecule has 0 aliphatic heterocycles. The Bertz CT molecular complexity index is 560. The van der Waals surface area contributed by atoms with Crippen molar-refractivity contribution in [1.82, 2.24) is 4.98 Å². The zero-order valence-corrected chi connectivity index (χ0v) is 9.13. The molecule has 0 bridgehead atoms. The van der Waals surface area contributed by atoms with Crippen LogP contribution in [0.4, 0.5) is 14.5 Å². The quantitative estimate of drug-likeness (QED) is 0.634. The smallest absolute Gasteiger partial charge is 0.137 e. The van der Waals surface area contributed by atoms with E-state index in [1.165, 1.54) is 7.11 Å². The molecule has 2 aromatic rings. The number of anilines is 1. The Morgan fingerprint density at radius 1 is 1.35 bits per heavy atom. The number of hydrogen-bond acceptors (Lipinski definition) is 4.